The summed E-state index contributed by atoms with van der Waals surface area (Å²) in [4.78, 5) is 25.7. The number of benzene rings is 2. The van der Waals surface area contributed by atoms with E-state index < -0.39 is 5.97 Å². The van der Waals surface area contributed by atoms with E-state index in [0.717, 1.165) is 16.0 Å². The molecule has 0 fully saturated rings. The van der Waals surface area contributed by atoms with E-state index in [1.165, 1.54) is 11.3 Å². The molecule has 6 nitrogen and oxygen atoms in total. The number of amides is 1. The lowest BCUT2D eigenvalue weighted by Gasteiger charge is -2.24. The monoisotopic (exact) mass is 423 g/mol. The highest BCUT2D eigenvalue weighted by molar-refractivity contribution is 7.15. The molecule has 1 aliphatic heterocycles. The van der Waals surface area contributed by atoms with E-state index in [0.29, 0.717) is 29.4 Å². The van der Waals surface area contributed by atoms with Crippen LogP contribution in [0, 0.1) is 0 Å². The molecular formula is C23H21NO5S. The van der Waals surface area contributed by atoms with Gasteiger partial charge in [0.05, 0.1) is 19.4 Å². The van der Waals surface area contributed by atoms with Gasteiger partial charge in [-0.05, 0) is 30.2 Å². The normalized spacial score (nSPS) is 15.3. The first-order valence-electron chi connectivity index (χ1n) is 9.59. The zero-order chi connectivity index (χ0) is 21.3. The second kappa shape index (κ2) is 8.20. The number of carbonyl (C=O) groups is 2. The molecule has 0 saturated heterocycles. The van der Waals surface area contributed by atoms with Crippen LogP contribution in [0.5, 0.6) is 11.5 Å². The number of aromatic carboxylic acids is 1. The molecule has 1 amide bonds. The molecule has 0 aliphatic carbocycles. The molecule has 1 atom stereocenters. The first kappa shape index (κ1) is 20.0. The summed E-state index contributed by atoms with van der Waals surface area (Å²) in [5, 5.41) is 12.8. The van der Waals surface area contributed by atoms with Crippen molar-refractivity contribution >= 4 is 28.9 Å². The fourth-order valence-electron chi connectivity index (χ4n) is 3.77. The summed E-state index contributed by atoms with van der Waals surface area (Å²) >= 11 is 1.21. The first-order chi connectivity index (χ1) is 14.5. The Labute approximate surface area is 178 Å². The van der Waals surface area contributed by atoms with Gasteiger partial charge >= 0.3 is 5.97 Å². The SMILES string of the molecule is CCOc1cc([C@@H]2CC(=O)Nc3c2sc(C(=O)O)c3-c2ccccc2)ccc1OC. The Kier molecular flexibility index (Phi) is 5.46. The molecule has 0 saturated carbocycles. The van der Waals surface area contributed by atoms with Gasteiger partial charge in [-0.2, -0.15) is 0 Å². The van der Waals surface area contributed by atoms with Crippen molar-refractivity contribution in [3.63, 3.8) is 0 Å². The second-order valence-electron chi connectivity index (χ2n) is 6.86. The van der Waals surface area contributed by atoms with E-state index in [4.69, 9.17) is 9.47 Å². The third kappa shape index (κ3) is 3.52. The van der Waals surface area contributed by atoms with E-state index >= 15 is 0 Å². The van der Waals surface area contributed by atoms with E-state index in [1.54, 1.807) is 7.11 Å². The van der Waals surface area contributed by atoms with Gasteiger partial charge in [-0.3, -0.25) is 4.79 Å². The second-order valence-corrected chi connectivity index (χ2v) is 7.92. The van der Waals surface area contributed by atoms with Gasteiger partial charge in [0.1, 0.15) is 4.88 Å². The van der Waals surface area contributed by atoms with E-state index in [1.807, 2.05) is 55.5 Å². The van der Waals surface area contributed by atoms with Gasteiger partial charge in [-0.1, -0.05) is 36.4 Å². The topological polar surface area (TPSA) is 84.9 Å². The summed E-state index contributed by atoms with van der Waals surface area (Å²) in [6.45, 7) is 2.37. The minimum atomic E-state index is -1.01. The van der Waals surface area contributed by atoms with Crippen LogP contribution in [0.15, 0.2) is 48.5 Å². The standard InChI is InChI=1S/C23H21NO5S/c1-3-29-17-11-14(9-10-16(17)28-2)15-12-18(25)24-20-19(13-7-5-4-6-8-13)22(23(26)27)30-21(15)20/h4-11,15H,3,12H2,1-2H3,(H,24,25)(H,26,27)/t15-/m0/s1. The van der Waals surface area contributed by atoms with Crippen LogP contribution in [0.3, 0.4) is 0 Å². The predicted molar refractivity (Wildman–Crippen MR) is 116 cm³/mol. The van der Waals surface area contributed by atoms with Gasteiger partial charge in [0, 0.05) is 22.8 Å². The van der Waals surface area contributed by atoms with Crippen LogP contribution < -0.4 is 14.8 Å². The third-order valence-electron chi connectivity index (χ3n) is 5.05. The number of carbonyl (C=O) groups excluding carboxylic acids is 1. The third-order valence-corrected chi connectivity index (χ3v) is 6.34. The fourth-order valence-corrected chi connectivity index (χ4v) is 5.01. The van der Waals surface area contributed by atoms with Crippen LogP contribution in [0.4, 0.5) is 5.69 Å². The lowest BCUT2D eigenvalue weighted by atomic mass is 9.88. The molecule has 0 unspecified atom stereocenters. The van der Waals surface area contributed by atoms with E-state index in [9.17, 15) is 14.7 Å². The summed E-state index contributed by atoms with van der Waals surface area (Å²) in [7, 11) is 1.58. The molecular weight excluding hydrogens is 402 g/mol. The Morgan fingerprint density at radius 2 is 1.97 bits per heavy atom. The number of methoxy groups -OCH3 is 1. The minimum Gasteiger partial charge on any atom is -0.493 e. The summed E-state index contributed by atoms with van der Waals surface area (Å²) in [6.07, 6.45) is 0.235. The smallest absolute Gasteiger partial charge is 0.346 e. The van der Waals surface area contributed by atoms with Crippen LogP contribution in [0.25, 0.3) is 11.1 Å². The molecule has 2 heterocycles. The molecule has 4 rings (SSSR count). The Morgan fingerprint density at radius 3 is 2.63 bits per heavy atom. The number of fused-ring (bicyclic) bond motifs is 1. The molecule has 0 spiro atoms. The number of anilines is 1. The maximum Gasteiger partial charge on any atom is 0.346 e. The van der Waals surface area contributed by atoms with Crippen LogP contribution in [0.1, 0.15) is 39.4 Å². The van der Waals surface area contributed by atoms with Crippen molar-refractivity contribution < 1.29 is 24.2 Å². The average molecular weight is 423 g/mol. The molecule has 3 aromatic rings. The van der Waals surface area contributed by atoms with Crippen molar-refractivity contribution in [2.75, 3.05) is 19.0 Å². The van der Waals surface area contributed by atoms with Crippen molar-refractivity contribution in [3.05, 3.63) is 63.8 Å². The molecule has 0 bridgehead atoms. The summed E-state index contributed by atoms with van der Waals surface area (Å²) in [5.41, 5.74) is 2.78. The summed E-state index contributed by atoms with van der Waals surface area (Å²) in [6, 6.07) is 14.9. The van der Waals surface area contributed by atoms with Gasteiger partial charge < -0.3 is 19.9 Å². The van der Waals surface area contributed by atoms with Gasteiger partial charge in [-0.15, -0.1) is 11.3 Å². The lowest BCUT2D eigenvalue weighted by Crippen LogP contribution is -2.22. The number of rotatable bonds is 6. The van der Waals surface area contributed by atoms with Crippen LogP contribution in [-0.2, 0) is 4.79 Å². The number of carboxylic acids is 1. The van der Waals surface area contributed by atoms with Gasteiger partial charge in [0.2, 0.25) is 5.91 Å². The molecule has 2 aromatic carbocycles. The quantitative estimate of drug-likeness (QED) is 0.583. The average Bonchev–Trinajstić information content (AvgIpc) is 3.13. The Balaban J connectivity index is 1.88. The van der Waals surface area contributed by atoms with Gasteiger partial charge in [-0.25, -0.2) is 4.79 Å². The number of carboxylic acid groups (broad SMARTS) is 1. The zero-order valence-electron chi connectivity index (χ0n) is 16.6. The van der Waals surface area contributed by atoms with Crippen molar-refractivity contribution in [2.24, 2.45) is 0 Å². The van der Waals surface area contributed by atoms with Crippen LogP contribution in [0.2, 0.25) is 0 Å². The largest absolute Gasteiger partial charge is 0.493 e. The Morgan fingerprint density at radius 1 is 1.20 bits per heavy atom. The van der Waals surface area contributed by atoms with Crippen molar-refractivity contribution in [2.45, 2.75) is 19.3 Å². The zero-order valence-corrected chi connectivity index (χ0v) is 17.4. The first-order valence-corrected chi connectivity index (χ1v) is 10.4. The number of hydrogen-bond acceptors (Lipinski definition) is 5. The Bertz CT molecular complexity index is 1110. The number of ether oxygens (including phenoxy) is 2. The van der Waals surface area contributed by atoms with Crippen LogP contribution in [-0.4, -0.2) is 30.7 Å². The number of thiophene rings is 1. The van der Waals surface area contributed by atoms with Crippen molar-refractivity contribution in [1.82, 2.24) is 0 Å². The highest BCUT2D eigenvalue weighted by atomic mass is 32.1. The Hall–Kier alpha value is -3.32. The number of hydrogen-bond donors (Lipinski definition) is 2. The van der Waals surface area contributed by atoms with E-state index in [-0.39, 0.29) is 23.1 Å². The summed E-state index contributed by atoms with van der Waals surface area (Å²) < 4.78 is 11.1. The summed E-state index contributed by atoms with van der Waals surface area (Å²) in [5.74, 6) is -0.203. The molecule has 1 aliphatic rings. The molecule has 154 valence electrons. The maximum atomic E-state index is 12.6. The predicted octanol–water partition coefficient (Wildman–Crippen LogP) is 4.99. The molecule has 1 aromatic heterocycles. The van der Waals surface area contributed by atoms with Gasteiger partial charge in [0.15, 0.2) is 11.5 Å². The van der Waals surface area contributed by atoms with Crippen LogP contribution >= 0.6 is 11.3 Å². The van der Waals surface area contributed by atoms with E-state index in [2.05, 4.69) is 5.32 Å². The maximum absolute atomic E-state index is 12.6. The highest BCUT2D eigenvalue weighted by Crippen LogP contribution is 2.50. The van der Waals surface area contributed by atoms with Gasteiger partial charge in [0.25, 0.3) is 0 Å². The number of nitrogens with one attached hydrogen (secondary N) is 1. The molecule has 2 N–H and O–H groups in total. The molecule has 30 heavy (non-hydrogen) atoms. The minimum absolute atomic E-state index is 0.145. The van der Waals surface area contributed by atoms with Crippen molar-refractivity contribution in [3.8, 4) is 22.6 Å². The van der Waals surface area contributed by atoms with Crippen molar-refractivity contribution in [1.29, 1.82) is 0 Å². The molecule has 0 radical (unpaired) electrons. The highest BCUT2D eigenvalue weighted by Gasteiger charge is 2.34. The lowest BCUT2D eigenvalue weighted by molar-refractivity contribution is -0.116. The fraction of sp³-hybridized carbons (Fsp3) is 0.217. The molecule has 7 heteroatoms.